The first-order valence-corrected chi connectivity index (χ1v) is 7.46. The summed E-state index contributed by atoms with van der Waals surface area (Å²) in [7, 11) is 0. The molecule has 0 bridgehead atoms. The van der Waals surface area contributed by atoms with Gasteiger partial charge in [0.1, 0.15) is 5.82 Å². The third kappa shape index (κ3) is 2.58. The molecule has 0 spiro atoms. The maximum atomic E-state index is 12.1. The summed E-state index contributed by atoms with van der Waals surface area (Å²) in [5.74, 6) is 0.612. The Bertz CT molecular complexity index is 719. The first kappa shape index (κ1) is 13.9. The van der Waals surface area contributed by atoms with Crippen molar-refractivity contribution in [1.82, 2.24) is 9.97 Å². The number of H-pyrrole nitrogens is 1. The molecule has 110 valence electrons. The standard InChI is InChI=1S/C17H20N2O2/c1-10(2)14-16(20)18-15(19-17(14)21)13-8-7-11-5-3-4-6-12(11)9-13/h3-6,10,13H,7-9H2,1-2H3,(H2,18,19,20,21). The fourth-order valence-corrected chi connectivity index (χ4v) is 3.13. The molecule has 1 aliphatic rings. The van der Waals surface area contributed by atoms with Crippen molar-refractivity contribution in [1.29, 1.82) is 0 Å². The molecule has 1 aromatic heterocycles. The zero-order valence-corrected chi connectivity index (χ0v) is 12.4. The summed E-state index contributed by atoms with van der Waals surface area (Å²) in [6.45, 7) is 3.75. The molecule has 21 heavy (non-hydrogen) atoms. The van der Waals surface area contributed by atoms with Crippen LogP contribution in [0, 0.1) is 0 Å². The highest BCUT2D eigenvalue weighted by Crippen LogP contribution is 2.31. The van der Waals surface area contributed by atoms with Crippen molar-refractivity contribution in [2.24, 2.45) is 0 Å². The zero-order chi connectivity index (χ0) is 15.0. The van der Waals surface area contributed by atoms with Gasteiger partial charge in [-0.05, 0) is 36.3 Å². The van der Waals surface area contributed by atoms with Gasteiger partial charge in [-0.2, -0.15) is 4.98 Å². The average Bonchev–Trinajstić information content (AvgIpc) is 2.45. The van der Waals surface area contributed by atoms with E-state index in [9.17, 15) is 9.90 Å². The molecule has 2 aromatic rings. The van der Waals surface area contributed by atoms with Gasteiger partial charge < -0.3 is 10.1 Å². The molecule has 0 amide bonds. The van der Waals surface area contributed by atoms with Crippen molar-refractivity contribution in [2.75, 3.05) is 0 Å². The van der Waals surface area contributed by atoms with E-state index in [0.29, 0.717) is 11.4 Å². The van der Waals surface area contributed by atoms with Gasteiger partial charge in [0, 0.05) is 5.92 Å². The number of aromatic hydroxyl groups is 1. The van der Waals surface area contributed by atoms with Crippen LogP contribution in [0.2, 0.25) is 0 Å². The minimum atomic E-state index is -0.216. The van der Waals surface area contributed by atoms with Gasteiger partial charge in [-0.1, -0.05) is 38.1 Å². The highest BCUT2D eigenvalue weighted by atomic mass is 16.3. The molecule has 4 heteroatoms. The van der Waals surface area contributed by atoms with E-state index in [1.807, 2.05) is 19.9 Å². The summed E-state index contributed by atoms with van der Waals surface area (Å²) in [5, 5.41) is 10.0. The second kappa shape index (κ2) is 5.35. The number of rotatable bonds is 2. The van der Waals surface area contributed by atoms with E-state index in [-0.39, 0.29) is 23.3 Å². The maximum absolute atomic E-state index is 12.1. The predicted octanol–water partition coefficient (Wildman–Crippen LogP) is 2.87. The van der Waals surface area contributed by atoms with Crippen LogP contribution in [0.15, 0.2) is 29.1 Å². The molecule has 0 fully saturated rings. The Labute approximate surface area is 123 Å². The molecule has 2 N–H and O–H groups in total. The van der Waals surface area contributed by atoms with Crippen LogP contribution in [0.25, 0.3) is 0 Å². The van der Waals surface area contributed by atoms with Crippen molar-refractivity contribution < 1.29 is 5.11 Å². The van der Waals surface area contributed by atoms with Gasteiger partial charge in [0.25, 0.3) is 5.56 Å². The number of aromatic nitrogens is 2. The summed E-state index contributed by atoms with van der Waals surface area (Å²) in [6, 6.07) is 8.38. The van der Waals surface area contributed by atoms with Gasteiger partial charge in [-0.3, -0.25) is 4.79 Å². The highest BCUT2D eigenvalue weighted by molar-refractivity contribution is 5.32. The van der Waals surface area contributed by atoms with Crippen LogP contribution in [0.5, 0.6) is 5.88 Å². The molecule has 0 saturated carbocycles. The molecule has 4 nitrogen and oxygen atoms in total. The topological polar surface area (TPSA) is 66.0 Å². The lowest BCUT2D eigenvalue weighted by atomic mass is 9.83. The Morgan fingerprint density at radius 2 is 2.00 bits per heavy atom. The molecule has 1 aromatic carbocycles. The molecule has 1 heterocycles. The van der Waals surface area contributed by atoms with E-state index in [1.165, 1.54) is 11.1 Å². The summed E-state index contributed by atoms with van der Waals surface area (Å²) in [4.78, 5) is 19.3. The van der Waals surface area contributed by atoms with E-state index in [1.54, 1.807) is 0 Å². The van der Waals surface area contributed by atoms with E-state index < -0.39 is 0 Å². The normalized spacial score (nSPS) is 17.8. The first-order chi connectivity index (χ1) is 10.1. The lowest BCUT2D eigenvalue weighted by Crippen LogP contribution is -2.22. The van der Waals surface area contributed by atoms with Gasteiger partial charge in [0.2, 0.25) is 5.88 Å². The second-order valence-electron chi connectivity index (χ2n) is 6.05. The van der Waals surface area contributed by atoms with Crippen molar-refractivity contribution in [3.05, 3.63) is 57.1 Å². The zero-order valence-electron chi connectivity index (χ0n) is 12.4. The number of fused-ring (bicyclic) bond motifs is 1. The number of aryl methyl sites for hydroxylation is 1. The first-order valence-electron chi connectivity index (χ1n) is 7.46. The van der Waals surface area contributed by atoms with Gasteiger partial charge in [0.15, 0.2) is 0 Å². The van der Waals surface area contributed by atoms with Gasteiger partial charge >= 0.3 is 0 Å². The number of nitrogens with one attached hydrogen (secondary N) is 1. The van der Waals surface area contributed by atoms with Crippen molar-refractivity contribution >= 4 is 0 Å². The SMILES string of the molecule is CC(C)c1c(O)nc(C2CCc3ccccc3C2)[nH]c1=O. The summed E-state index contributed by atoms with van der Waals surface area (Å²) < 4.78 is 0. The Balaban J connectivity index is 1.94. The Hall–Kier alpha value is -2.10. The maximum Gasteiger partial charge on any atom is 0.258 e. The second-order valence-corrected chi connectivity index (χ2v) is 6.05. The molecule has 0 saturated heterocycles. The van der Waals surface area contributed by atoms with E-state index in [4.69, 9.17) is 0 Å². The molecule has 3 rings (SSSR count). The third-order valence-electron chi connectivity index (χ3n) is 4.26. The van der Waals surface area contributed by atoms with Crippen LogP contribution in [0.3, 0.4) is 0 Å². The summed E-state index contributed by atoms with van der Waals surface area (Å²) in [6.07, 6.45) is 2.79. The number of aromatic amines is 1. The van der Waals surface area contributed by atoms with Crippen LogP contribution in [-0.4, -0.2) is 15.1 Å². The molecular formula is C17H20N2O2. The largest absolute Gasteiger partial charge is 0.493 e. The van der Waals surface area contributed by atoms with Gasteiger partial charge in [-0.15, -0.1) is 0 Å². The van der Waals surface area contributed by atoms with E-state index in [2.05, 4.69) is 28.2 Å². The fraction of sp³-hybridized carbons (Fsp3) is 0.412. The monoisotopic (exact) mass is 284 g/mol. The lowest BCUT2D eigenvalue weighted by molar-refractivity contribution is 0.428. The van der Waals surface area contributed by atoms with E-state index >= 15 is 0 Å². The highest BCUT2D eigenvalue weighted by Gasteiger charge is 2.24. The Morgan fingerprint density at radius 3 is 2.67 bits per heavy atom. The minimum Gasteiger partial charge on any atom is -0.493 e. The van der Waals surface area contributed by atoms with Crippen molar-refractivity contribution in [2.45, 2.75) is 44.9 Å². The quantitative estimate of drug-likeness (QED) is 0.891. The summed E-state index contributed by atoms with van der Waals surface area (Å²) >= 11 is 0. The van der Waals surface area contributed by atoms with Crippen LogP contribution in [0.4, 0.5) is 0 Å². The predicted molar refractivity (Wildman–Crippen MR) is 81.8 cm³/mol. The lowest BCUT2D eigenvalue weighted by Gasteiger charge is -2.24. The van der Waals surface area contributed by atoms with E-state index in [0.717, 1.165) is 19.3 Å². The number of hydrogen-bond acceptors (Lipinski definition) is 3. The molecular weight excluding hydrogens is 264 g/mol. The third-order valence-corrected chi connectivity index (χ3v) is 4.26. The average molecular weight is 284 g/mol. The smallest absolute Gasteiger partial charge is 0.258 e. The Morgan fingerprint density at radius 1 is 1.29 bits per heavy atom. The molecule has 0 aliphatic heterocycles. The van der Waals surface area contributed by atoms with Crippen LogP contribution < -0.4 is 5.56 Å². The molecule has 1 unspecified atom stereocenters. The van der Waals surface area contributed by atoms with Crippen LogP contribution in [-0.2, 0) is 12.8 Å². The van der Waals surface area contributed by atoms with Gasteiger partial charge in [0.05, 0.1) is 5.56 Å². The fourth-order valence-electron chi connectivity index (χ4n) is 3.13. The van der Waals surface area contributed by atoms with Crippen LogP contribution in [0.1, 0.15) is 54.6 Å². The van der Waals surface area contributed by atoms with Crippen molar-refractivity contribution in [3.63, 3.8) is 0 Å². The molecule has 0 radical (unpaired) electrons. The van der Waals surface area contributed by atoms with Crippen LogP contribution >= 0.6 is 0 Å². The number of hydrogen-bond donors (Lipinski definition) is 2. The summed E-state index contributed by atoms with van der Waals surface area (Å²) in [5.41, 5.74) is 2.84. The van der Waals surface area contributed by atoms with Crippen molar-refractivity contribution in [3.8, 4) is 5.88 Å². The minimum absolute atomic E-state index is 0.0395. The number of nitrogens with zero attached hydrogens (tertiary/aromatic N) is 1. The molecule has 1 atom stereocenters. The molecule has 1 aliphatic carbocycles. The Kier molecular flexibility index (Phi) is 3.53. The van der Waals surface area contributed by atoms with Gasteiger partial charge in [-0.25, -0.2) is 0 Å². The number of benzene rings is 1.